The molecular weight excluding hydrogens is 696 g/mol. The number of non-ortho nitro benzene ring substituents is 1. The molecule has 2 aromatic carbocycles. The molecule has 0 aliphatic carbocycles. The Morgan fingerprint density at radius 3 is 1.83 bits per heavy atom. The number of hydrogen-bond acceptors (Lipinski definition) is 13. The Kier molecular flexibility index (Phi) is 21.4. The van der Waals surface area contributed by atoms with Crippen LogP contribution in [-0.4, -0.2) is 107 Å². The first kappa shape index (κ1) is 44.0. The average molecular weight is 745 g/mol. The van der Waals surface area contributed by atoms with E-state index < -0.39 is 35.0 Å². The van der Waals surface area contributed by atoms with Crippen LogP contribution in [-0.2, 0) is 49.4 Å². The molecule has 2 aromatic rings. The molecule has 2 atom stereocenters. The first-order chi connectivity index (χ1) is 25.5. The number of rotatable bonds is 26. The normalized spacial score (nSPS) is 11.9. The monoisotopic (exact) mass is 744 g/mol. The lowest BCUT2D eigenvalue weighted by molar-refractivity contribution is -0.384. The number of nitro benzene ring substituents is 1. The fourth-order valence-electron chi connectivity index (χ4n) is 4.16. The van der Waals surface area contributed by atoms with Crippen molar-refractivity contribution >= 4 is 35.3 Å². The lowest BCUT2D eigenvalue weighted by Gasteiger charge is -2.24. The molecule has 0 aromatic heterocycles. The Morgan fingerprint density at radius 1 is 0.755 bits per heavy atom. The van der Waals surface area contributed by atoms with E-state index in [4.69, 9.17) is 39.6 Å². The van der Waals surface area contributed by atoms with E-state index in [1.165, 1.54) is 31.2 Å². The minimum Gasteiger partial charge on any atom is -0.429 e. The van der Waals surface area contributed by atoms with Crippen molar-refractivity contribution in [3.05, 3.63) is 64.2 Å². The molecule has 0 unspecified atom stereocenters. The first-order valence-corrected chi connectivity index (χ1v) is 16.9. The number of carbonyl (C=O) groups excluding carboxylic acids is 4. The topological polar surface area (TPSA) is 212 Å². The van der Waals surface area contributed by atoms with Crippen LogP contribution in [0.15, 0.2) is 48.5 Å². The number of amides is 3. The van der Waals surface area contributed by atoms with Crippen molar-refractivity contribution in [2.45, 2.75) is 45.9 Å². The maximum Gasteiger partial charge on any atom is 0.514 e. The van der Waals surface area contributed by atoms with Gasteiger partial charge in [-0.3, -0.25) is 24.5 Å². The van der Waals surface area contributed by atoms with Gasteiger partial charge in [-0.25, -0.2) is 4.79 Å². The van der Waals surface area contributed by atoms with E-state index in [1.54, 1.807) is 38.1 Å². The third-order valence-electron chi connectivity index (χ3n) is 6.99. The summed E-state index contributed by atoms with van der Waals surface area (Å²) in [4.78, 5) is 60.4. The SMILES string of the molecule is C#CCOCCOCCOCCOCCOCCC(=O)N[C@H](C(=O)N[C@@H](C)C(=O)Nc1ccc(COC(=O)Oc2ccc([N+](=O)[O-])cc2)cc1)C(C)C. The van der Waals surface area contributed by atoms with Crippen LogP contribution in [0.3, 0.4) is 0 Å². The second kappa shape index (κ2) is 25.8. The fraction of sp³-hybridized carbons (Fsp3) is 0.500. The summed E-state index contributed by atoms with van der Waals surface area (Å²) < 4.78 is 36.8. The van der Waals surface area contributed by atoms with E-state index in [0.29, 0.717) is 57.5 Å². The number of benzene rings is 2. The van der Waals surface area contributed by atoms with Crippen molar-refractivity contribution < 1.29 is 57.3 Å². The first-order valence-electron chi connectivity index (χ1n) is 16.9. The van der Waals surface area contributed by atoms with Crippen molar-refractivity contribution in [3.63, 3.8) is 0 Å². The quantitative estimate of drug-likeness (QED) is 0.0316. The van der Waals surface area contributed by atoms with Gasteiger partial charge in [0.2, 0.25) is 17.7 Å². The highest BCUT2D eigenvalue weighted by Crippen LogP contribution is 2.18. The molecule has 17 heteroatoms. The van der Waals surface area contributed by atoms with E-state index in [0.717, 1.165) is 0 Å². The Bertz CT molecular complexity index is 1460. The number of nitrogens with zero attached hydrogens (tertiary/aromatic N) is 1. The van der Waals surface area contributed by atoms with Crippen LogP contribution in [0.5, 0.6) is 5.75 Å². The van der Waals surface area contributed by atoms with Gasteiger partial charge < -0.3 is 49.1 Å². The molecule has 0 aliphatic rings. The van der Waals surface area contributed by atoms with Crippen LogP contribution < -0.4 is 20.7 Å². The molecule has 290 valence electrons. The molecule has 0 saturated heterocycles. The van der Waals surface area contributed by atoms with Gasteiger partial charge in [-0.1, -0.05) is 31.9 Å². The summed E-state index contributed by atoms with van der Waals surface area (Å²) in [5, 5.41) is 18.8. The standard InChI is InChI=1S/C36H48N4O13/c1-5-15-47-17-19-49-21-23-51-24-22-50-20-18-48-16-14-32(41)39-33(26(2)3)35(43)37-27(4)34(42)38-29-8-6-28(7-9-29)25-52-36(44)53-31-12-10-30(11-13-31)40(45)46/h1,6-13,26-27,33H,14-25H2,2-4H3,(H,37,43)(H,38,42)(H,39,41)/t27-,33-/m0/s1. The summed E-state index contributed by atoms with van der Waals surface area (Å²) in [6.07, 6.45) is 4.12. The highest BCUT2D eigenvalue weighted by atomic mass is 16.7. The second-order valence-corrected chi connectivity index (χ2v) is 11.6. The molecule has 53 heavy (non-hydrogen) atoms. The maximum atomic E-state index is 13.0. The van der Waals surface area contributed by atoms with Crippen molar-refractivity contribution in [1.29, 1.82) is 0 Å². The highest BCUT2D eigenvalue weighted by molar-refractivity contribution is 5.98. The minimum absolute atomic E-state index is 0.0332. The number of anilines is 1. The highest BCUT2D eigenvalue weighted by Gasteiger charge is 2.27. The Balaban J connectivity index is 1.61. The van der Waals surface area contributed by atoms with Crippen molar-refractivity contribution in [1.82, 2.24) is 10.6 Å². The number of nitro groups is 1. The fourth-order valence-corrected chi connectivity index (χ4v) is 4.16. The third kappa shape index (κ3) is 19.3. The van der Waals surface area contributed by atoms with Crippen LogP contribution in [0, 0.1) is 28.4 Å². The molecule has 0 spiro atoms. The number of hydrogen-bond donors (Lipinski definition) is 3. The summed E-state index contributed by atoms with van der Waals surface area (Å²) in [5.74, 6) is 0.824. The van der Waals surface area contributed by atoms with E-state index in [9.17, 15) is 29.3 Å². The summed E-state index contributed by atoms with van der Waals surface area (Å²) in [6, 6.07) is 9.57. The Hall–Kier alpha value is -5.12. The summed E-state index contributed by atoms with van der Waals surface area (Å²) in [5.41, 5.74) is 0.882. The number of ether oxygens (including phenoxy) is 7. The van der Waals surface area contributed by atoms with Gasteiger partial charge in [0.15, 0.2) is 0 Å². The third-order valence-corrected chi connectivity index (χ3v) is 6.99. The van der Waals surface area contributed by atoms with Crippen molar-refractivity contribution in [2.75, 3.05) is 71.4 Å². The molecule has 0 heterocycles. The lowest BCUT2D eigenvalue weighted by Crippen LogP contribution is -2.53. The average Bonchev–Trinajstić information content (AvgIpc) is 3.13. The van der Waals surface area contributed by atoms with Crippen molar-refractivity contribution in [3.8, 4) is 18.1 Å². The summed E-state index contributed by atoms with van der Waals surface area (Å²) in [6.45, 7) is 8.48. The van der Waals surface area contributed by atoms with Crippen LogP contribution in [0.4, 0.5) is 16.2 Å². The minimum atomic E-state index is -0.997. The molecule has 0 fully saturated rings. The van der Waals surface area contributed by atoms with Gasteiger partial charge >= 0.3 is 6.16 Å². The van der Waals surface area contributed by atoms with Gasteiger partial charge in [-0.15, -0.1) is 6.42 Å². The molecule has 0 saturated carbocycles. The van der Waals surface area contributed by atoms with Crippen LogP contribution in [0.25, 0.3) is 0 Å². The lowest BCUT2D eigenvalue weighted by atomic mass is 10.0. The van der Waals surface area contributed by atoms with E-state index in [-0.39, 0.29) is 56.1 Å². The maximum absolute atomic E-state index is 13.0. The largest absolute Gasteiger partial charge is 0.514 e. The summed E-state index contributed by atoms with van der Waals surface area (Å²) in [7, 11) is 0. The zero-order chi connectivity index (χ0) is 38.8. The molecule has 17 nitrogen and oxygen atoms in total. The van der Waals surface area contributed by atoms with Gasteiger partial charge in [0, 0.05) is 24.2 Å². The van der Waals surface area contributed by atoms with E-state index in [2.05, 4.69) is 21.9 Å². The molecule has 3 N–H and O–H groups in total. The molecule has 0 aliphatic heterocycles. The Labute approximate surface area is 308 Å². The predicted molar refractivity (Wildman–Crippen MR) is 191 cm³/mol. The number of terminal acetylenes is 1. The van der Waals surface area contributed by atoms with Crippen LogP contribution >= 0.6 is 0 Å². The van der Waals surface area contributed by atoms with Crippen molar-refractivity contribution in [2.24, 2.45) is 5.92 Å². The number of carbonyl (C=O) groups is 4. The molecular formula is C36H48N4O13. The second-order valence-electron chi connectivity index (χ2n) is 11.6. The predicted octanol–water partition coefficient (Wildman–Crippen LogP) is 3.00. The summed E-state index contributed by atoms with van der Waals surface area (Å²) >= 11 is 0. The smallest absolute Gasteiger partial charge is 0.429 e. The van der Waals surface area contributed by atoms with Gasteiger partial charge in [0.05, 0.1) is 64.4 Å². The van der Waals surface area contributed by atoms with E-state index in [1.807, 2.05) is 0 Å². The van der Waals surface area contributed by atoms with Gasteiger partial charge in [0.1, 0.15) is 31.0 Å². The van der Waals surface area contributed by atoms with Crippen LogP contribution in [0.2, 0.25) is 0 Å². The number of nitrogens with one attached hydrogen (secondary N) is 3. The van der Waals surface area contributed by atoms with Gasteiger partial charge in [0.25, 0.3) is 5.69 Å². The van der Waals surface area contributed by atoms with Gasteiger partial charge in [-0.2, -0.15) is 0 Å². The zero-order valence-electron chi connectivity index (χ0n) is 30.2. The zero-order valence-corrected chi connectivity index (χ0v) is 30.2. The Morgan fingerprint density at radius 2 is 1.30 bits per heavy atom. The molecule has 0 bridgehead atoms. The molecule has 3 amide bonds. The van der Waals surface area contributed by atoms with E-state index >= 15 is 0 Å². The molecule has 2 rings (SSSR count). The van der Waals surface area contributed by atoms with Gasteiger partial charge in [-0.05, 0) is 42.7 Å². The van der Waals surface area contributed by atoms with Crippen LogP contribution in [0.1, 0.15) is 32.8 Å². The molecule has 0 radical (unpaired) electrons.